The second-order valence-corrected chi connectivity index (χ2v) is 7.93. The second-order valence-electron chi connectivity index (χ2n) is 7.93. The molecule has 8 heteroatoms. The molecule has 30 heavy (non-hydrogen) atoms. The predicted octanol–water partition coefficient (Wildman–Crippen LogP) is 2.11. The number of likely N-dealkylation sites (tertiary alicyclic amines) is 2. The average Bonchev–Trinajstić information content (AvgIpc) is 3.50. The van der Waals surface area contributed by atoms with E-state index in [4.69, 9.17) is 4.52 Å². The zero-order valence-corrected chi connectivity index (χ0v) is 16.8. The van der Waals surface area contributed by atoms with Gasteiger partial charge in [-0.3, -0.25) is 9.59 Å². The fourth-order valence-corrected chi connectivity index (χ4v) is 4.66. The van der Waals surface area contributed by atoms with Crippen LogP contribution in [0.25, 0.3) is 5.69 Å². The Morgan fingerprint density at radius 2 is 2.10 bits per heavy atom. The van der Waals surface area contributed by atoms with Crippen LogP contribution in [0.2, 0.25) is 0 Å². The first kappa shape index (κ1) is 18.6. The average molecular weight is 405 g/mol. The molecule has 154 valence electrons. The van der Waals surface area contributed by atoms with Gasteiger partial charge in [0.25, 0.3) is 0 Å². The summed E-state index contributed by atoms with van der Waals surface area (Å²) in [6.07, 6.45) is 4.98. The standard InChI is InChI=1S/C22H23N5O3/c1-15-11-17(30-24-15)12-21(28)25-10-7-19-20(25)13-22(29)26(19)14-16-5-2-3-6-18(16)27-9-4-8-23-27/h2-6,8-9,11,19-20H,7,10,12-14H2,1H3/t19-,20-/m0/s1. The van der Waals surface area contributed by atoms with Gasteiger partial charge in [-0.05, 0) is 31.0 Å². The number of hydrogen-bond donors (Lipinski definition) is 0. The molecule has 0 radical (unpaired) electrons. The predicted molar refractivity (Wildman–Crippen MR) is 108 cm³/mol. The van der Waals surface area contributed by atoms with Crippen LogP contribution in [0.15, 0.2) is 53.3 Å². The minimum absolute atomic E-state index is 0.00904. The van der Waals surface area contributed by atoms with Crippen molar-refractivity contribution in [2.75, 3.05) is 6.54 Å². The Balaban J connectivity index is 1.33. The van der Waals surface area contributed by atoms with Crippen molar-refractivity contribution in [1.82, 2.24) is 24.7 Å². The Kier molecular flexibility index (Phi) is 4.61. The van der Waals surface area contributed by atoms with Crippen LogP contribution in [0.4, 0.5) is 0 Å². The zero-order valence-electron chi connectivity index (χ0n) is 16.8. The third kappa shape index (κ3) is 3.28. The van der Waals surface area contributed by atoms with Crippen molar-refractivity contribution in [2.24, 2.45) is 0 Å². The first-order chi connectivity index (χ1) is 14.6. The van der Waals surface area contributed by atoms with E-state index in [0.29, 0.717) is 25.3 Å². The summed E-state index contributed by atoms with van der Waals surface area (Å²) < 4.78 is 7.01. The van der Waals surface area contributed by atoms with Crippen LogP contribution in [-0.4, -0.2) is 55.2 Å². The SMILES string of the molecule is Cc1cc(CC(=O)N2CC[C@H]3[C@@H]2CC(=O)N3Cc2ccccc2-n2cccn2)on1. The number of carbonyl (C=O) groups is 2. The van der Waals surface area contributed by atoms with Gasteiger partial charge in [-0.25, -0.2) is 4.68 Å². The van der Waals surface area contributed by atoms with Crippen LogP contribution in [0, 0.1) is 6.92 Å². The molecule has 2 fully saturated rings. The molecule has 0 unspecified atom stereocenters. The number of nitrogens with zero attached hydrogens (tertiary/aromatic N) is 5. The molecule has 3 aromatic rings. The first-order valence-corrected chi connectivity index (χ1v) is 10.2. The molecular weight excluding hydrogens is 382 g/mol. The number of rotatable bonds is 5. The van der Waals surface area contributed by atoms with Gasteiger partial charge in [0, 0.05) is 38.0 Å². The summed E-state index contributed by atoms with van der Waals surface area (Å²) in [4.78, 5) is 29.5. The van der Waals surface area contributed by atoms with Gasteiger partial charge in [-0.2, -0.15) is 5.10 Å². The number of para-hydroxylation sites is 1. The molecule has 8 nitrogen and oxygen atoms in total. The van der Waals surface area contributed by atoms with E-state index in [1.807, 2.05) is 57.9 Å². The van der Waals surface area contributed by atoms with Crippen LogP contribution in [-0.2, 0) is 22.6 Å². The van der Waals surface area contributed by atoms with Gasteiger partial charge in [0.05, 0.1) is 29.9 Å². The lowest BCUT2D eigenvalue weighted by atomic mass is 10.1. The van der Waals surface area contributed by atoms with Crippen LogP contribution >= 0.6 is 0 Å². The van der Waals surface area contributed by atoms with Crippen molar-refractivity contribution < 1.29 is 14.1 Å². The van der Waals surface area contributed by atoms with Crippen molar-refractivity contribution in [3.05, 3.63) is 65.8 Å². The second kappa shape index (κ2) is 7.44. The largest absolute Gasteiger partial charge is 0.361 e. The Morgan fingerprint density at radius 1 is 1.23 bits per heavy atom. The molecule has 0 N–H and O–H groups in total. The Morgan fingerprint density at radius 3 is 2.87 bits per heavy atom. The maximum atomic E-state index is 12.9. The summed E-state index contributed by atoms with van der Waals surface area (Å²) in [6.45, 7) is 3.00. The Hall–Kier alpha value is -3.42. The molecule has 2 aliphatic heterocycles. The number of benzene rings is 1. The lowest BCUT2D eigenvalue weighted by molar-refractivity contribution is -0.131. The molecule has 2 aliphatic rings. The van der Waals surface area contributed by atoms with Gasteiger partial charge in [0.1, 0.15) is 5.76 Å². The maximum Gasteiger partial charge on any atom is 0.230 e. The molecule has 2 aromatic heterocycles. The minimum Gasteiger partial charge on any atom is -0.361 e. The maximum absolute atomic E-state index is 12.9. The lowest BCUT2D eigenvalue weighted by Crippen LogP contribution is -2.40. The van der Waals surface area contributed by atoms with E-state index in [9.17, 15) is 9.59 Å². The molecule has 0 spiro atoms. The van der Waals surface area contributed by atoms with E-state index < -0.39 is 0 Å². The van der Waals surface area contributed by atoms with Gasteiger partial charge in [0.2, 0.25) is 11.8 Å². The number of carbonyl (C=O) groups excluding carboxylic acids is 2. The third-order valence-electron chi connectivity index (χ3n) is 6.02. The van der Waals surface area contributed by atoms with Crippen molar-refractivity contribution >= 4 is 11.8 Å². The Bertz CT molecular complexity index is 1070. The monoisotopic (exact) mass is 405 g/mol. The lowest BCUT2D eigenvalue weighted by Gasteiger charge is -2.26. The molecule has 2 saturated heterocycles. The first-order valence-electron chi connectivity index (χ1n) is 10.2. The fourth-order valence-electron chi connectivity index (χ4n) is 4.66. The third-order valence-corrected chi connectivity index (χ3v) is 6.02. The molecule has 1 aromatic carbocycles. The zero-order chi connectivity index (χ0) is 20.7. The highest BCUT2D eigenvalue weighted by atomic mass is 16.5. The quantitative estimate of drug-likeness (QED) is 0.649. The summed E-state index contributed by atoms with van der Waals surface area (Å²) in [6, 6.07) is 11.6. The highest BCUT2D eigenvalue weighted by Gasteiger charge is 2.48. The summed E-state index contributed by atoms with van der Waals surface area (Å²) in [5, 5.41) is 8.18. The number of aryl methyl sites for hydroxylation is 1. The van der Waals surface area contributed by atoms with Gasteiger partial charge < -0.3 is 14.3 Å². The smallest absolute Gasteiger partial charge is 0.230 e. The number of hydrogen-bond acceptors (Lipinski definition) is 5. The summed E-state index contributed by atoms with van der Waals surface area (Å²) in [7, 11) is 0. The number of fused-ring (bicyclic) bond motifs is 1. The molecule has 0 bridgehead atoms. The summed E-state index contributed by atoms with van der Waals surface area (Å²) in [5.41, 5.74) is 2.76. The van der Waals surface area contributed by atoms with Gasteiger partial charge in [0.15, 0.2) is 0 Å². The van der Waals surface area contributed by atoms with E-state index >= 15 is 0 Å². The fraction of sp³-hybridized carbons (Fsp3) is 0.364. The highest BCUT2D eigenvalue weighted by molar-refractivity contribution is 5.84. The van der Waals surface area contributed by atoms with Crippen molar-refractivity contribution in [3.8, 4) is 5.69 Å². The van der Waals surface area contributed by atoms with Crippen molar-refractivity contribution in [3.63, 3.8) is 0 Å². The molecular formula is C22H23N5O3. The summed E-state index contributed by atoms with van der Waals surface area (Å²) in [5.74, 6) is 0.647. The molecule has 2 amide bonds. The van der Waals surface area contributed by atoms with E-state index in [-0.39, 0.29) is 30.3 Å². The normalized spacial score (nSPS) is 20.8. The van der Waals surface area contributed by atoms with E-state index in [0.717, 1.165) is 23.4 Å². The molecule has 5 rings (SSSR count). The summed E-state index contributed by atoms with van der Waals surface area (Å²) >= 11 is 0. The van der Waals surface area contributed by atoms with Gasteiger partial charge >= 0.3 is 0 Å². The van der Waals surface area contributed by atoms with Gasteiger partial charge in [-0.15, -0.1) is 0 Å². The van der Waals surface area contributed by atoms with Crippen LogP contribution in [0.5, 0.6) is 0 Å². The topological polar surface area (TPSA) is 84.5 Å². The van der Waals surface area contributed by atoms with Crippen molar-refractivity contribution in [2.45, 2.75) is 44.8 Å². The Labute approximate surface area is 174 Å². The highest BCUT2D eigenvalue weighted by Crippen LogP contribution is 2.34. The van der Waals surface area contributed by atoms with Gasteiger partial charge in [-0.1, -0.05) is 23.4 Å². The van der Waals surface area contributed by atoms with Crippen LogP contribution in [0.1, 0.15) is 29.9 Å². The van der Waals surface area contributed by atoms with Crippen LogP contribution < -0.4 is 0 Å². The number of amides is 2. The van der Waals surface area contributed by atoms with E-state index in [1.165, 1.54) is 0 Å². The van der Waals surface area contributed by atoms with E-state index in [2.05, 4.69) is 10.3 Å². The van der Waals surface area contributed by atoms with Crippen molar-refractivity contribution in [1.29, 1.82) is 0 Å². The number of aromatic nitrogens is 3. The molecule has 2 atom stereocenters. The minimum atomic E-state index is -0.0779. The molecule has 0 saturated carbocycles. The van der Waals surface area contributed by atoms with E-state index in [1.54, 1.807) is 12.3 Å². The van der Waals surface area contributed by atoms with Crippen LogP contribution in [0.3, 0.4) is 0 Å². The molecule has 0 aliphatic carbocycles. The molecule has 4 heterocycles.